The number of hydrogen-bond donors (Lipinski definition) is 0. The number of hydrogen-bond acceptors (Lipinski definition) is 1. The number of fused-ring (bicyclic) bond motifs is 1. The molecule has 0 bridgehead atoms. The molecule has 0 saturated heterocycles. The zero-order valence-corrected chi connectivity index (χ0v) is 11.0. The molecule has 1 heterocycles. The van der Waals surface area contributed by atoms with Crippen molar-refractivity contribution in [3.63, 3.8) is 0 Å². The van der Waals surface area contributed by atoms with E-state index in [4.69, 9.17) is 23.2 Å². The molecule has 0 amide bonds. The Hall–Kier alpha value is -1.000. The van der Waals surface area contributed by atoms with Crippen molar-refractivity contribution in [2.24, 2.45) is 0 Å². The van der Waals surface area contributed by atoms with Crippen molar-refractivity contribution >= 4 is 34.1 Å². The summed E-state index contributed by atoms with van der Waals surface area (Å²) in [5.74, 6) is 0. The van der Waals surface area contributed by atoms with Gasteiger partial charge in [-0.25, -0.2) is 4.98 Å². The Balaban J connectivity index is 2.97. The van der Waals surface area contributed by atoms with Crippen LogP contribution in [-0.4, -0.2) is 4.98 Å². The zero-order chi connectivity index (χ0) is 13.7. The molecule has 0 saturated carbocycles. The van der Waals surface area contributed by atoms with Gasteiger partial charge in [-0.15, -0.1) is 0 Å². The summed E-state index contributed by atoms with van der Waals surface area (Å²) in [5.41, 5.74) is -0.290. The van der Waals surface area contributed by atoms with Crippen LogP contribution in [0.25, 0.3) is 10.9 Å². The fourth-order valence-corrected chi connectivity index (χ4v) is 2.36. The van der Waals surface area contributed by atoms with E-state index in [2.05, 4.69) is 4.98 Å². The van der Waals surface area contributed by atoms with Gasteiger partial charge in [-0.3, -0.25) is 0 Å². The zero-order valence-electron chi connectivity index (χ0n) is 9.49. The molecule has 0 radical (unpaired) electrons. The van der Waals surface area contributed by atoms with Crippen molar-refractivity contribution < 1.29 is 13.2 Å². The molecular weight excluding hydrogens is 286 g/mol. The van der Waals surface area contributed by atoms with Crippen molar-refractivity contribution in [3.8, 4) is 0 Å². The van der Waals surface area contributed by atoms with Gasteiger partial charge < -0.3 is 0 Å². The van der Waals surface area contributed by atoms with Crippen molar-refractivity contribution in [3.05, 3.63) is 39.0 Å². The van der Waals surface area contributed by atoms with Crippen LogP contribution in [0, 0.1) is 13.8 Å². The molecule has 6 heteroatoms. The molecule has 18 heavy (non-hydrogen) atoms. The second kappa shape index (κ2) is 4.28. The molecule has 0 unspecified atom stereocenters. The Morgan fingerprint density at radius 3 is 2.28 bits per heavy atom. The van der Waals surface area contributed by atoms with E-state index in [9.17, 15) is 13.2 Å². The van der Waals surface area contributed by atoms with Gasteiger partial charge in [-0.05, 0) is 31.0 Å². The average Bonchev–Trinajstić information content (AvgIpc) is 2.26. The number of aromatic nitrogens is 1. The summed E-state index contributed by atoms with van der Waals surface area (Å²) in [6, 6.07) is 3.21. The van der Waals surface area contributed by atoms with Crippen LogP contribution in [0.2, 0.25) is 10.0 Å². The molecule has 0 N–H and O–H groups in total. The topological polar surface area (TPSA) is 12.9 Å². The Morgan fingerprint density at radius 2 is 1.72 bits per heavy atom. The van der Waals surface area contributed by atoms with E-state index < -0.39 is 11.9 Å². The van der Waals surface area contributed by atoms with Crippen LogP contribution < -0.4 is 0 Å². The summed E-state index contributed by atoms with van der Waals surface area (Å²) in [7, 11) is 0. The summed E-state index contributed by atoms with van der Waals surface area (Å²) in [5, 5.41) is 0.662. The quantitative estimate of drug-likeness (QED) is 0.652. The third-order valence-corrected chi connectivity index (χ3v) is 3.51. The molecule has 1 aromatic carbocycles. The highest BCUT2D eigenvalue weighted by molar-refractivity contribution is 6.42. The molecule has 96 valence electrons. The molecule has 0 aliphatic carbocycles. The van der Waals surface area contributed by atoms with Crippen LogP contribution in [0.3, 0.4) is 0 Å². The highest BCUT2D eigenvalue weighted by atomic mass is 35.5. The molecule has 0 aliphatic rings. The van der Waals surface area contributed by atoms with Gasteiger partial charge in [0.25, 0.3) is 0 Å². The first kappa shape index (κ1) is 13.4. The minimum absolute atomic E-state index is 0.000949. The number of halogens is 5. The van der Waals surface area contributed by atoms with E-state index in [-0.39, 0.29) is 16.1 Å². The van der Waals surface area contributed by atoms with E-state index >= 15 is 0 Å². The Morgan fingerprint density at radius 1 is 1.11 bits per heavy atom. The van der Waals surface area contributed by atoms with Crippen LogP contribution >= 0.6 is 23.2 Å². The predicted molar refractivity (Wildman–Crippen MR) is 66.2 cm³/mol. The van der Waals surface area contributed by atoms with Gasteiger partial charge in [-0.1, -0.05) is 29.3 Å². The molecule has 0 atom stereocenters. The Labute approximate surface area is 112 Å². The second-order valence-corrected chi connectivity index (χ2v) is 4.77. The molecular formula is C12H8Cl2F3N. The number of nitrogens with zero attached hydrogens (tertiary/aromatic N) is 1. The second-order valence-electron chi connectivity index (χ2n) is 3.99. The van der Waals surface area contributed by atoms with Crippen molar-refractivity contribution in [2.75, 3.05) is 0 Å². The Kier molecular flexibility index (Phi) is 3.19. The maximum Gasteiger partial charge on any atom is 0.433 e. The van der Waals surface area contributed by atoms with Crippen LogP contribution in [0.15, 0.2) is 12.1 Å². The fourth-order valence-electron chi connectivity index (χ4n) is 1.79. The lowest BCUT2D eigenvalue weighted by atomic mass is 10.1. The van der Waals surface area contributed by atoms with Gasteiger partial charge in [0, 0.05) is 5.39 Å². The fraction of sp³-hybridized carbons (Fsp3) is 0.250. The molecule has 0 fully saturated rings. The van der Waals surface area contributed by atoms with Crippen LogP contribution in [0.4, 0.5) is 13.2 Å². The highest BCUT2D eigenvalue weighted by Crippen LogP contribution is 2.39. The molecule has 0 spiro atoms. The van der Waals surface area contributed by atoms with E-state index in [1.165, 1.54) is 6.92 Å². The van der Waals surface area contributed by atoms with Crippen molar-refractivity contribution in [2.45, 2.75) is 20.0 Å². The lowest BCUT2D eigenvalue weighted by Crippen LogP contribution is -2.11. The van der Waals surface area contributed by atoms with E-state index in [0.717, 1.165) is 0 Å². The lowest BCUT2D eigenvalue weighted by molar-refractivity contribution is -0.141. The summed E-state index contributed by atoms with van der Waals surface area (Å²) < 4.78 is 38.5. The normalized spacial score (nSPS) is 12.2. The van der Waals surface area contributed by atoms with E-state index in [0.29, 0.717) is 16.0 Å². The molecule has 0 aliphatic heterocycles. The summed E-state index contributed by atoms with van der Waals surface area (Å²) in [6.45, 7) is 2.95. The minimum Gasteiger partial charge on any atom is -0.243 e. The lowest BCUT2D eigenvalue weighted by Gasteiger charge is -2.14. The maximum absolute atomic E-state index is 12.8. The summed E-state index contributed by atoms with van der Waals surface area (Å²) in [4.78, 5) is 3.67. The molecule has 2 rings (SSSR count). The number of pyridine rings is 1. The van der Waals surface area contributed by atoms with E-state index in [1.54, 1.807) is 19.1 Å². The maximum atomic E-state index is 12.8. The van der Waals surface area contributed by atoms with Gasteiger partial charge in [0.15, 0.2) is 0 Å². The monoisotopic (exact) mass is 293 g/mol. The number of rotatable bonds is 0. The third-order valence-electron chi connectivity index (χ3n) is 2.72. The first-order valence-corrected chi connectivity index (χ1v) is 5.81. The SMILES string of the molecule is Cc1c(C(F)(F)F)nc2c(C)ccc(Cl)c2c1Cl. The molecule has 1 aromatic heterocycles. The van der Waals surface area contributed by atoms with Crippen LogP contribution in [0.1, 0.15) is 16.8 Å². The number of alkyl halides is 3. The predicted octanol–water partition coefficient (Wildman–Crippen LogP) is 5.18. The van der Waals surface area contributed by atoms with Gasteiger partial charge in [0.1, 0.15) is 5.69 Å². The van der Waals surface area contributed by atoms with Crippen LogP contribution in [0.5, 0.6) is 0 Å². The summed E-state index contributed by atoms with van der Waals surface area (Å²) in [6.07, 6.45) is -4.53. The Bertz CT molecular complexity index is 635. The van der Waals surface area contributed by atoms with Crippen molar-refractivity contribution in [1.82, 2.24) is 4.98 Å². The van der Waals surface area contributed by atoms with Crippen LogP contribution in [-0.2, 0) is 6.18 Å². The average molecular weight is 294 g/mol. The van der Waals surface area contributed by atoms with Crippen molar-refractivity contribution in [1.29, 1.82) is 0 Å². The largest absolute Gasteiger partial charge is 0.433 e. The van der Waals surface area contributed by atoms with Gasteiger partial charge in [0.2, 0.25) is 0 Å². The van der Waals surface area contributed by atoms with E-state index in [1.807, 2.05) is 0 Å². The first-order chi connectivity index (χ1) is 8.23. The minimum atomic E-state index is -4.53. The standard InChI is InChI=1S/C12H8Cl2F3N/c1-5-3-4-7(13)8-9(14)6(2)11(12(15,16)17)18-10(5)8/h3-4H,1-2H3. The smallest absolute Gasteiger partial charge is 0.243 e. The van der Waals surface area contributed by atoms with Gasteiger partial charge in [0.05, 0.1) is 15.6 Å². The van der Waals surface area contributed by atoms with Gasteiger partial charge >= 0.3 is 6.18 Å². The third kappa shape index (κ3) is 2.04. The van der Waals surface area contributed by atoms with Gasteiger partial charge in [-0.2, -0.15) is 13.2 Å². The number of benzene rings is 1. The number of aryl methyl sites for hydroxylation is 1. The highest BCUT2D eigenvalue weighted by Gasteiger charge is 2.36. The molecule has 1 nitrogen and oxygen atoms in total. The molecule has 2 aromatic rings. The first-order valence-electron chi connectivity index (χ1n) is 5.05. The summed E-state index contributed by atoms with van der Waals surface area (Å²) >= 11 is 12.0.